The molecule has 23 heavy (non-hydrogen) atoms. The molecule has 1 N–H and O–H groups in total. The van der Waals surface area contributed by atoms with E-state index in [-0.39, 0.29) is 11.9 Å². The molecule has 0 unspecified atom stereocenters. The number of carbonyl (C=O) groups excluding carboxylic acids is 1. The van der Waals surface area contributed by atoms with Crippen molar-refractivity contribution in [2.24, 2.45) is 7.05 Å². The van der Waals surface area contributed by atoms with Gasteiger partial charge in [0.2, 0.25) is 0 Å². The lowest BCUT2D eigenvalue weighted by atomic mass is 10.1. The van der Waals surface area contributed by atoms with E-state index >= 15 is 0 Å². The van der Waals surface area contributed by atoms with E-state index in [4.69, 9.17) is 0 Å². The summed E-state index contributed by atoms with van der Waals surface area (Å²) in [6.07, 6.45) is 5.52. The van der Waals surface area contributed by atoms with Crippen molar-refractivity contribution in [3.63, 3.8) is 0 Å². The maximum Gasteiger partial charge on any atom is 0.254 e. The van der Waals surface area contributed by atoms with E-state index in [1.165, 1.54) is 6.33 Å². The first kappa shape index (κ1) is 15.0. The van der Waals surface area contributed by atoms with Gasteiger partial charge in [-0.15, -0.1) is 0 Å². The summed E-state index contributed by atoms with van der Waals surface area (Å²) >= 11 is 0. The fraction of sp³-hybridized carbons (Fsp3) is 0.250. The van der Waals surface area contributed by atoms with Gasteiger partial charge in [-0.2, -0.15) is 10.2 Å². The summed E-state index contributed by atoms with van der Waals surface area (Å²) in [5, 5.41) is 11.3. The number of para-hydroxylation sites is 1. The zero-order valence-corrected chi connectivity index (χ0v) is 13.0. The predicted octanol–water partition coefficient (Wildman–Crippen LogP) is 1.88. The number of benzene rings is 1. The van der Waals surface area contributed by atoms with Gasteiger partial charge in [-0.1, -0.05) is 19.1 Å². The molecule has 1 atom stereocenters. The zero-order valence-electron chi connectivity index (χ0n) is 13.0. The number of aryl methyl sites for hydroxylation is 1. The Kier molecular flexibility index (Phi) is 4.18. The minimum Gasteiger partial charge on any atom is -0.344 e. The first-order valence-corrected chi connectivity index (χ1v) is 7.43. The Morgan fingerprint density at radius 2 is 2.09 bits per heavy atom. The number of nitrogens with one attached hydrogen (secondary N) is 1. The van der Waals surface area contributed by atoms with E-state index in [2.05, 4.69) is 20.5 Å². The van der Waals surface area contributed by atoms with E-state index in [1.807, 2.05) is 38.2 Å². The fourth-order valence-electron chi connectivity index (χ4n) is 2.55. The van der Waals surface area contributed by atoms with Gasteiger partial charge in [-0.25, -0.2) is 9.67 Å². The second-order valence-electron chi connectivity index (χ2n) is 5.17. The fourth-order valence-corrected chi connectivity index (χ4v) is 2.55. The minimum atomic E-state index is -0.149. The number of nitrogens with zero attached hydrogens (tertiary/aromatic N) is 5. The monoisotopic (exact) mass is 310 g/mol. The largest absolute Gasteiger partial charge is 0.344 e. The summed E-state index contributed by atoms with van der Waals surface area (Å²) in [6.45, 7) is 2.03. The molecule has 0 saturated carbocycles. The molecule has 0 fully saturated rings. The molecule has 7 heteroatoms. The molecule has 0 bridgehead atoms. The number of carbonyl (C=O) groups is 1. The van der Waals surface area contributed by atoms with E-state index in [0.717, 1.165) is 12.1 Å². The van der Waals surface area contributed by atoms with E-state index in [1.54, 1.807) is 28.0 Å². The van der Waals surface area contributed by atoms with Crippen molar-refractivity contribution in [1.82, 2.24) is 29.9 Å². The summed E-state index contributed by atoms with van der Waals surface area (Å²) in [7, 11) is 1.87. The molecule has 1 aromatic carbocycles. The molecule has 1 amide bonds. The van der Waals surface area contributed by atoms with Crippen LogP contribution in [0.15, 0.2) is 49.2 Å². The Hall–Kier alpha value is -2.96. The van der Waals surface area contributed by atoms with Gasteiger partial charge in [0.1, 0.15) is 12.7 Å². The highest BCUT2D eigenvalue weighted by Gasteiger charge is 2.19. The van der Waals surface area contributed by atoms with E-state index < -0.39 is 0 Å². The SMILES string of the molecule is CC[C@@H](NC(=O)c1ccccc1-n1cncn1)c1ccnn1C. The van der Waals surface area contributed by atoms with Gasteiger partial charge < -0.3 is 5.32 Å². The third-order valence-electron chi connectivity index (χ3n) is 3.74. The van der Waals surface area contributed by atoms with Crippen molar-refractivity contribution in [2.45, 2.75) is 19.4 Å². The second-order valence-corrected chi connectivity index (χ2v) is 5.17. The summed E-state index contributed by atoms with van der Waals surface area (Å²) in [6, 6.07) is 9.14. The summed E-state index contributed by atoms with van der Waals surface area (Å²) in [4.78, 5) is 16.7. The normalized spacial score (nSPS) is 12.1. The van der Waals surface area contributed by atoms with Gasteiger partial charge in [0.25, 0.3) is 5.91 Å². The number of amides is 1. The Labute approximate surface area is 134 Å². The smallest absolute Gasteiger partial charge is 0.254 e. The number of hydrogen-bond acceptors (Lipinski definition) is 4. The summed E-state index contributed by atoms with van der Waals surface area (Å²) in [5.74, 6) is -0.149. The highest BCUT2D eigenvalue weighted by atomic mass is 16.1. The molecule has 118 valence electrons. The molecule has 0 aliphatic heterocycles. The van der Waals surface area contributed by atoms with E-state index in [9.17, 15) is 4.79 Å². The predicted molar refractivity (Wildman–Crippen MR) is 85.1 cm³/mol. The molecule has 2 heterocycles. The molecule has 0 radical (unpaired) electrons. The van der Waals surface area contributed by atoms with Crippen LogP contribution in [0.1, 0.15) is 35.4 Å². The first-order chi connectivity index (χ1) is 11.2. The molecular weight excluding hydrogens is 292 g/mol. The van der Waals surface area contributed by atoms with Crippen LogP contribution in [0.25, 0.3) is 5.69 Å². The number of rotatable bonds is 5. The molecule has 3 rings (SSSR count). The molecular formula is C16H18N6O. The third-order valence-corrected chi connectivity index (χ3v) is 3.74. The molecule has 7 nitrogen and oxygen atoms in total. The van der Waals surface area contributed by atoms with Crippen LogP contribution in [0, 0.1) is 0 Å². The van der Waals surface area contributed by atoms with Crippen LogP contribution in [-0.2, 0) is 7.05 Å². The van der Waals surface area contributed by atoms with Crippen molar-refractivity contribution in [1.29, 1.82) is 0 Å². The van der Waals surface area contributed by atoms with Crippen molar-refractivity contribution in [2.75, 3.05) is 0 Å². The molecule has 0 aliphatic rings. The first-order valence-electron chi connectivity index (χ1n) is 7.43. The van der Waals surface area contributed by atoms with Gasteiger partial charge in [-0.05, 0) is 24.6 Å². The van der Waals surface area contributed by atoms with E-state index in [0.29, 0.717) is 11.3 Å². The molecule has 3 aromatic rings. The van der Waals surface area contributed by atoms with Crippen molar-refractivity contribution in [3.05, 3.63) is 60.4 Å². The van der Waals surface area contributed by atoms with Crippen LogP contribution in [0.5, 0.6) is 0 Å². The van der Waals surface area contributed by atoms with Crippen molar-refractivity contribution < 1.29 is 4.79 Å². The average Bonchev–Trinajstić information content (AvgIpc) is 3.24. The van der Waals surface area contributed by atoms with Gasteiger partial charge in [0.15, 0.2) is 0 Å². The Bertz CT molecular complexity index is 793. The molecule has 0 spiro atoms. The second kappa shape index (κ2) is 6.43. The zero-order chi connectivity index (χ0) is 16.2. The Balaban J connectivity index is 1.88. The average molecular weight is 310 g/mol. The highest BCUT2D eigenvalue weighted by Crippen LogP contribution is 2.18. The summed E-state index contributed by atoms with van der Waals surface area (Å²) in [5.41, 5.74) is 2.22. The van der Waals surface area contributed by atoms with Gasteiger partial charge in [0, 0.05) is 13.2 Å². The van der Waals surface area contributed by atoms with Gasteiger partial charge in [0.05, 0.1) is 23.0 Å². The Morgan fingerprint density at radius 1 is 1.26 bits per heavy atom. The van der Waals surface area contributed by atoms with Crippen molar-refractivity contribution in [3.8, 4) is 5.69 Å². The third kappa shape index (κ3) is 2.98. The molecule has 0 aliphatic carbocycles. The summed E-state index contributed by atoms with van der Waals surface area (Å²) < 4.78 is 3.36. The number of hydrogen-bond donors (Lipinski definition) is 1. The minimum absolute atomic E-state index is 0.0983. The maximum absolute atomic E-state index is 12.7. The topological polar surface area (TPSA) is 77.6 Å². The number of aromatic nitrogens is 5. The van der Waals surface area contributed by atoms with Crippen LogP contribution < -0.4 is 5.32 Å². The van der Waals surface area contributed by atoms with Gasteiger partial charge in [-0.3, -0.25) is 9.48 Å². The van der Waals surface area contributed by atoms with Crippen LogP contribution >= 0.6 is 0 Å². The van der Waals surface area contributed by atoms with Crippen LogP contribution in [0.2, 0.25) is 0 Å². The quantitative estimate of drug-likeness (QED) is 0.780. The van der Waals surface area contributed by atoms with Crippen LogP contribution in [0.3, 0.4) is 0 Å². The molecule has 2 aromatic heterocycles. The lowest BCUT2D eigenvalue weighted by Crippen LogP contribution is -2.30. The maximum atomic E-state index is 12.7. The molecule has 0 saturated heterocycles. The lowest BCUT2D eigenvalue weighted by molar-refractivity contribution is 0.0934. The highest BCUT2D eigenvalue weighted by molar-refractivity contribution is 5.97. The lowest BCUT2D eigenvalue weighted by Gasteiger charge is -2.18. The standard InChI is InChI=1S/C16H18N6O/c1-3-13(15-8-9-18-21(15)2)20-16(23)12-6-4-5-7-14(12)22-11-17-10-19-22/h4-11,13H,3H2,1-2H3,(H,20,23)/t13-/m1/s1. The van der Waals surface area contributed by atoms with Crippen LogP contribution in [0.4, 0.5) is 0 Å². The Morgan fingerprint density at radius 3 is 2.74 bits per heavy atom. The van der Waals surface area contributed by atoms with Gasteiger partial charge >= 0.3 is 0 Å². The van der Waals surface area contributed by atoms with Crippen LogP contribution in [-0.4, -0.2) is 30.5 Å². The van der Waals surface area contributed by atoms with Crippen molar-refractivity contribution >= 4 is 5.91 Å².